The molecule has 1 unspecified atom stereocenters. The molecule has 0 saturated carbocycles. The number of hydrogen-bond acceptors (Lipinski definition) is 2. The lowest BCUT2D eigenvalue weighted by atomic mass is 10.1. The Morgan fingerprint density at radius 2 is 2.05 bits per heavy atom. The molecule has 0 aromatic heterocycles. The summed E-state index contributed by atoms with van der Waals surface area (Å²) in [5.41, 5.74) is 2.29. The largest absolute Gasteiger partial charge is 0.378 e. The van der Waals surface area contributed by atoms with Gasteiger partial charge in [0.2, 0.25) is 0 Å². The van der Waals surface area contributed by atoms with Crippen LogP contribution in [0.1, 0.15) is 24.1 Å². The van der Waals surface area contributed by atoms with Crippen molar-refractivity contribution in [1.82, 2.24) is 0 Å². The number of benzene rings is 2. The molecular formula is C15H12BrFN2. The maximum absolute atomic E-state index is 13.2. The van der Waals surface area contributed by atoms with Gasteiger partial charge in [-0.2, -0.15) is 5.26 Å². The van der Waals surface area contributed by atoms with Gasteiger partial charge >= 0.3 is 0 Å². The van der Waals surface area contributed by atoms with Gasteiger partial charge in [-0.15, -0.1) is 0 Å². The number of anilines is 1. The highest BCUT2D eigenvalue weighted by molar-refractivity contribution is 9.10. The topological polar surface area (TPSA) is 35.8 Å². The standard InChI is InChI=1S/C15H12BrFN2/c1-10(12-4-2-3-11(7-12)9-18)19-15-8-13(17)5-6-14(15)16/h2-8,10,19H,1H3. The number of hydrogen-bond donors (Lipinski definition) is 1. The molecule has 0 aliphatic carbocycles. The molecule has 0 bridgehead atoms. The minimum atomic E-state index is -0.288. The molecule has 0 radical (unpaired) electrons. The van der Waals surface area contributed by atoms with Gasteiger partial charge in [0.1, 0.15) is 5.82 Å². The van der Waals surface area contributed by atoms with Crippen LogP contribution in [0.3, 0.4) is 0 Å². The predicted octanol–water partition coefficient (Wildman–Crippen LogP) is 4.63. The van der Waals surface area contributed by atoms with E-state index in [1.165, 1.54) is 12.1 Å². The van der Waals surface area contributed by atoms with E-state index in [2.05, 4.69) is 27.3 Å². The van der Waals surface area contributed by atoms with E-state index >= 15 is 0 Å². The van der Waals surface area contributed by atoms with Crippen molar-refractivity contribution in [2.75, 3.05) is 5.32 Å². The van der Waals surface area contributed by atoms with E-state index in [1.807, 2.05) is 25.1 Å². The van der Waals surface area contributed by atoms with Crippen molar-refractivity contribution in [1.29, 1.82) is 5.26 Å². The number of nitrogens with zero attached hydrogens (tertiary/aromatic N) is 1. The molecule has 1 atom stereocenters. The van der Waals surface area contributed by atoms with Crippen molar-refractivity contribution in [2.45, 2.75) is 13.0 Å². The Morgan fingerprint density at radius 3 is 2.79 bits per heavy atom. The average molecular weight is 319 g/mol. The van der Waals surface area contributed by atoms with Gasteiger partial charge < -0.3 is 5.32 Å². The number of nitrogens with one attached hydrogen (secondary N) is 1. The Bertz CT molecular complexity index is 634. The van der Waals surface area contributed by atoms with E-state index in [0.29, 0.717) is 11.3 Å². The molecule has 0 heterocycles. The van der Waals surface area contributed by atoms with E-state index in [0.717, 1.165) is 10.0 Å². The Hall–Kier alpha value is -1.86. The van der Waals surface area contributed by atoms with Gasteiger partial charge in [-0.25, -0.2) is 4.39 Å². The van der Waals surface area contributed by atoms with Crippen LogP contribution in [-0.2, 0) is 0 Å². The van der Waals surface area contributed by atoms with Crippen LogP contribution < -0.4 is 5.32 Å². The molecule has 0 aliphatic rings. The molecule has 2 rings (SSSR count). The molecule has 2 aromatic rings. The molecule has 0 spiro atoms. The van der Waals surface area contributed by atoms with Crippen molar-refractivity contribution in [3.8, 4) is 6.07 Å². The van der Waals surface area contributed by atoms with Crippen LogP contribution in [-0.4, -0.2) is 0 Å². The number of nitriles is 1. The van der Waals surface area contributed by atoms with Gasteiger partial charge in [0.25, 0.3) is 0 Å². The first-order chi connectivity index (χ1) is 9.10. The second kappa shape index (κ2) is 5.85. The summed E-state index contributed by atoms with van der Waals surface area (Å²) in [7, 11) is 0. The molecule has 4 heteroatoms. The quantitative estimate of drug-likeness (QED) is 0.895. The number of halogens is 2. The van der Waals surface area contributed by atoms with Gasteiger partial charge in [-0.05, 0) is 58.7 Å². The fourth-order valence-electron chi connectivity index (χ4n) is 1.80. The van der Waals surface area contributed by atoms with Gasteiger partial charge in [0.05, 0.1) is 17.3 Å². The van der Waals surface area contributed by atoms with Crippen molar-refractivity contribution < 1.29 is 4.39 Å². The third kappa shape index (κ3) is 3.33. The molecule has 2 aromatic carbocycles. The van der Waals surface area contributed by atoms with Gasteiger partial charge in [-0.1, -0.05) is 12.1 Å². The molecule has 19 heavy (non-hydrogen) atoms. The molecule has 0 fully saturated rings. The average Bonchev–Trinajstić information content (AvgIpc) is 2.43. The van der Waals surface area contributed by atoms with Crippen LogP contribution in [0, 0.1) is 17.1 Å². The minimum Gasteiger partial charge on any atom is -0.378 e. The lowest BCUT2D eigenvalue weighted by Crippen LogP contribution is -2.07. The van der Waals surface area contributed by atoms with Crippen LogP contribution in [0.25, 0.3) is 0 Å². The fraction of sp³-hybridized carbons (Fsp3) is 0.133. The molecule has 0 saturated heterocycles. The molecule has 1 N–H and O–H groups in total. The summed E-state index contributed by atoms with van der Waals surface area (Å²) in [6.45, 7) is 1.97. The van der Waals surface area contributed by atoms with Crippen LogP contribution in [0.5, 0.6) is 0 Å². The Labute approximate surface area is 120 Å². The zero-order valence-electron chi connectivity index (χ0n) is 10.3. The summed E-state index contributed by atoms with van der Waals surface area (Å²) in [6, 6.07) is 13.9. The smallest absolute Gasteiger partial charge is 0.125 e. The first-order valence-corrected chi connectivity index (χ1v) is 6.61. The van der Waals surface area contributed by atoms with E-state index in [4.69, 9.17) is 5.26 Å². The maximum atomic E-state index is 13.2. The first kappa shape index (κ1) is 13.6. The molecule has 96 valence electrons. The second-order valence-corrected chi connectivity index (χ2v) is 5.08. The highest BCUT2D eigenvalue weighted by Crippen LogP contribution is 2.27. The molecular weight excluding hydrogens is 307 g/mol. The highest BCUT2D eigenvalue weighted by atomic mass is 79.9. The molecule has 0 amide bonds. The monoisotopic (exact) mass is 318 g/mol. The third-order valence-corrected chi connectivity index (χ3v) is 3.51. The summed E-state index contributed by atoms with van der Waals surface area (Å²) in [5, 5.41) is 12.1. The van der Waals surface area contributed by atoms with Gasteiger partial charge in [-0.3, -0.25) is 0 Å². The zero-order valence-corrected chi connectivity index (χ0v) is 11.9. The minimum absolute atomic E-state index is 0.0219. The van der Waals surface area contributed by atoms with E-state index in [1.54, 1.807) is 12.1 Å². The third-order valence-electron chi connectivity index (χ3n) is 2.82. The Morgan fingerprint density at radius 1 is 1.26 bits per heavy atom. The Balaban J connectivity index is 2.23. The number of rotatable bonds is 3. The van der Waals surface area contributed by atoms with Crippen molar-refractivity contribution >= 4 is 21.6 Å². The lowest BCUT2D eigenvalue weighted by molar-refractivity contribution is 0.627. The second-order valence-electron chi connectivity index (χ2n) is 4.23. The normalized spacial score (nSPS) is 11.7. The summed E-state index contributed by atoms with van der Waals surface area (Å²) >= 11 is 3.38. The fourth-order valence-corrected chi connectivity index (χ4v) is 2.16. The van der Waals surface area contributed by atoms with Crippen LogP contribution >= 0.6 is 15.9 Å². The SMILES string of the molecule is CC(Nc1cc(F)ccc1Br)c1cccc(C#N)c1. The molecule has 0 aliphatic heterocycles. The summed E-state index contributed by atoms with van der Waals surface area (Å²) in [5.74, 6) is -0.288. The van der Waals surface area contributed by atoms with Crippen molar-refractivity contribution in [3.63, 3.8) is 0 Å². The molecule has 2 nitrogen and oxygen atoms in total. The highest BCUT2D eigenvalue weighted by Gasteiger charge is 2.09. The van der Waals surface area contributed by atoms with Gasteiger partial charge in [0, 0.05) is 10.5 Å². The van der Waals surface area contributed by atoms with Crippen LogP contribution in [0.2, 0.25) is 0 Å². The van der Waals surface area contributed by atoms with Crippen LogP contribution in [0.4, 0.5) is 10.1 Å². The van der Waals surface area contributed by atoms with Gasteiger partial charge in [0.15, 0.2) is 0 Å². The Kier molecular flexibility index (Phi) is 4.18. The summed E-state index contributed by atoms with van der Waals surface area (Å²) in [6.07, 6.45) is 0. The zero-order chi connectivity index (χ0) is 13.8. The van der Waals surface area contributed by atoms with E-state index in [-0.39, 0.29) is 11.9 Å². The summed E-state index contributed by atoms with van der Waals surface area (Å²) in [4.78, 5) is 0. The van der Waals surface area contributed by atoms with E-state index < -0.39 is 0 Å². The maximum Gasteiger partial charge on any atom is 0.125 e. The van der Waals surface area contributed by atoms with Crippen LogP contribution in [0.15, 0.2) is 46.9 Å². The van der Waals surface area contributed by atoms with E-state index in [9.17, 15) is 4.39 Å². The predicted molar refractivity (Wildman–Crippen MR) is 77.3 cm³/mol. The van der Waals surface area contributed by atoms with Crippen molar-refractivity contribution in [3.05, 3.63) is 63.9 Å². The van der Waals surface area contributed by atoms with Crippen molar-refractivity contribution in [2.24, 2.45) is 0 Å². The lowest BCUT2D eigenvalue weighted by Gasteiger charge is -2.17. The summed E-state index contributed by atoms with van der Waals surface area (Å²) < 4.78 is 14.0. The first-order valence-electron chi connectivity index (χ1n) is 5.82.